The van der Waals surface area contributed by atoms with Gasteiger partial charge in [0.2, 0.25) is 0 Å². The Bertz CT molecular complexity index is 1530. The Labute approximate surface area is 382 Å². The third kappa shape index (κ3) is 29.6. The number of nitrogens with two attached hydrogens (primary N) is 1. The number of ether oxygens (including phenoxy) is 11. The summed E-state index contributed by atoms with van der Waals surface area (Å²) in [6.07, 6.45) is 1.38. The minimum absolute atomic E-state index is 0.0381. The van der Waals surface area contributed by atoms with Gasteiger partial charge >= 0.3 is 16.3 Å². The van der Waals surface area contributed by atoms with Crippen LogP contribution in [-0.2, 0) is 78.5 Å². The number of likely N-dealkylation sites (N-methyl/N-ethyl adjacent to an activating group) is 1. The van der Waals surface area contributed by atoms with Gasteiger partial charge in [0.25, 0.3) is 5.91 Å². The van der Waals surface area contributed by atoms with E-state index in [2.05, 4.69) is 22.0 Å². The lowest BCUT2D eigenvalue weighted by Crippen LogP contribution is -2.40. The van der Waals surface area contributed by atoms with Crippen molar-refractivity contribution >= 4 is 51.1 Å². The van der Waals surface area contributed by atoms with E-state index >= 15 is 0 Å². The van der Waals surface area contributed by atoms with Gasteiger partial charge in [-0.15, -0.1) is 11.3 Å². The molecule has 1 aromatic rings. The molecule has 64 heavy (non-hydrogen) atoms. The molecule has 0 saturated carbocycles. The minimum Gasteiger partial charge on any atom is -0.446 e. The summed E-state index contributed by atoms with van der Waals surface area (Å²) in [6.45, 7) is 16.8. The summed E-state index contributed by atoms with van der Waals surface area (Å²) in [5.41, 5.74) is 6.99. The first-order valence-electron chi connectivity index (χ1n) is 21.7. The van der Waals surface area contributed by atoms with Crippen molar-refractivity contribution in [2.24, 2.45) is 10.7 Å². The minimum atomic E-state index is -4.25. The van der Waals surface area contributed by atoms with Gasteiger partial charge < -0.3 is 63.2 Å². The van der Waals surface area contributed by atoms with E-state index in [0.29, 0.717) is 160 Å². The highest BCUT2D eigenvalue weighted by molar-refractivity contribution is 7.88. The van der Waals surface area contributed by atoms with E-state index in [1.165, 1.54) is 16.4 Å². The van der Waals surface area contributed by atoms with Crippen LogP contribution < -0.4 is 20.5 Å². The molecule has 5 N–H and O–H groups in total. The van der Waals surface area contributed by atoms with Crippen molar-refractivity contribution in [2.75, 3.05) is 165 Å². The van der Waals surface area contributed by atoms with E-state index in [-0.39, 0.29) is 44.5 Å². The number of hydroxylamine groups is 2. The SMILES string of the molecule is CCCN(OCC)C(=O)C1=Cc2sc(CNS(=O)(=O)NC(=O)OCCOCCOCCOCCOCCOCCOCCOCCOCCOCCOCCNCC)cc2N=C(N)C1. The molecule has 0 atom stereocenters. The van der Waals surface area contributed by atoms with Gasteiger partial charge in [0.1, 0.15) is 12.4 Å². The fourth-order valence-electron chi connectivity index (χ4n) is 5.14. The molecule has 0 unspecified atom stereocenters. The normalized spacial score (nSPS) is 12.7. The maximum atomic E-state index is 13.1. The van der Waals surface area contributed by atoms with Gasteiger partial charge in [-0.3, -0.25) is 9.63 Å². The van der Waals surface area contributed by atoms with Gasteiger partial charge in [-0.2, -0.15) is 13.1 Å². The first-order valence-corrected chi connectivity index (χ1v) is 24.0. The monoisotopic (exact) mass is 956 g/mol. The van der Waals surface area contributed by atoms with Gasteiger partial charge in [0.15, 0.2) is 0 Å². The van der Waals surface area contributed by atoms with Crippen molar-refractivity contribution in [3.8, 4) is 0 Å². The Balaban J connectivity index is 1.35. The van der Waals surface area contributed by atoms with E-state index in [1.54, 1.807) is 23.8 Å². The van der Waals surface area contributed by atoms with E-state index in [9.17, 15) is 18.0 Å². The zero-order valence-corrected chi connectivity index (χ0v) is 39.4. The molecule has 22 nitrogen and oxygen atoms in total. The number of fused-ring (bicyclic) bond motifs is 1. The molecular weight excluding hydrogens is 885 g/mol. The van der Waals surface area contributed by atoms with Gasteiger partial charge in [0.05, 0.1) is 149 Å². The molecule has 2 heterocycles. The number of aliphatic imine (C=N–C) groups is 1. The van der Waals surface area contributed by atoms with Crippen LogP contribution in [-0.4, -0.2) is 196 Å². The summed E-state index contributed by atoms with van der Waals surface area (Å²) in [5, 5.41) is 4.50. The van der Waals surface area contributed by atoms with E-state index in [4.69, 9.17) is 62.7 Å². The number of amidine groups is 1. The molecule has 0 aliphatic carbocycles. The molecule has 0 bridgehead atoms. The zero-order chi connectivity index (χ0) is 46.4. The lowest BCUT2D eigenvalue weighted by Gasteiger charge is -2.21. The Morgan fingerprint density at radius 3 is 1.59 bits per heavy atom. The molecule has 0 saturated heterocycles. The highest BCUT2D eigenvalue weighted by Crippen LogP contribution is 2.35. The Morgan fingerprint density at radius 2 is 1.16 bits per heavy atom. The summed E-state index contributed by atoms with van der Waals surface area (Å²) in [7, 11) is -4.25. The van der Waals surface area contributed by atoms with Crippen molar-refractivity contribution in [1.29, 1.82) is 0 Å². The van der Waals surface area contributed by atoms with Gasteiger partial charge in [-0.25, -0.2) is 19.6 Å². The quantitative estimate of drug-likeness (QED) is 0.0535. The predicted molar refractivity (Wildman–Crippen MR) is 239 cm³/mol. The number of thiophene rings is 1. The van der Waals surface area contributed by atoms with E-state index in [1.807, 2.05) is 6.92 Å². The molecule has 370 valence electrons. The molecule has 1 aliphatic rings. The summed E-state index contributed by atoms with van der Waals surface area (Å²) in [4.78, 5) is 36.3. The summed E-state index contributed by atoms with van der Waals surface area (Å²) >= 11 is 1.23. The number of hydrogen-bond acceptors (Lipinski definition) is 20. The topological polar surface area (TPSA) is 257 Å². The van der Waals surface area contributed by atoms with Gasteiger partial charge in [-0.1, -0.05) is 13.8 Å². The maximum Gasteiger partial charge on any atom is 0.421 e. The van der Waals surface area contributed by atoms with Crippen LogP contribution in [0, 0.1) is 0 Å². The first-order chi connectivity index (χ1) is 31.2. The van der Waals surface area contributed by atoms with Crippen LogP contribution in [0.3, 0.4) is 0 Å². The number of carbonyl (C=O) groups excluding carboxylic acids is 2. The highest BCUT2D eigenvalue weighted by Gasteiger charge is 2.23. The zero-order valence-electron chi connectivity index (χ0n) is 37.8. The Kier molecular flexibility index (Phi) is 34.2. The van der Waals surface area contributed by atoms with Crippen molar-refractivity contribution in [3.05, 3.63) is 21.4 Å². The second kappa shape index (κ2) is 38.2. The van der Waals surface area contributed by atoms with Crippen LogP contribution >= 0.6 is 11.3 Å². The Hall–Kier alpha value is -2.92. The summed E-state index contributed by atoms with van der Waals surface area (Å²) < 4.78 is 88.4. The maximum absolute atomic E-state index is 13.1. The van der Waals surface area contributed by atoms with Crippen LogP contribution in [0.15, 0.2) is 16.6 Å². The molecule has 0 spiro atoms. The number of rotatable bonds is 43. The van der Waals surface area contributed by atoms with Crippen LogP contribution in [0.5, 0.6) is 0 Å². The molecule has 2 rings (SSSR count). The largest absolute Gasteiger partial charge is 0.446 e. The van der Waals surface area contributed by atoms with Crippen LogP contribution in [0.1, 0.15) is 43.4 Å². The van der Waals surface area contributed by atoms with Gasteiger partial charge in [0, 0.05) is 36.5 Å². The van der Waals surface area contributed by atoms with Crippen molar-refractivity contribution < 1.29 is 74.9 Å². The smallest absolute Gasteiger partial charge is 0.421 e. The average Bonchev–Trinajstić information content (AvgIpc) is 3.57. The molecule has 1 aromatic heterocycles. The van der Waals surface area contributed by atoms with Crippen molar-refractivity contribution in [1.82, 2.24) is 19.8 Å². The number of nitrogens with zero attached hydrogens (tertiary/aromatic N) is 2. The average molecular weight is 957 g/mol. The van der Waals surface area contributed by atoms with Gasteiger partial charge in [-0.05, 0) is 32.0 Å². The molecular formula is C40H72N6O16S2. The van der Waals surface area contributed by atoms with Crippen LogP contribution in [0.25, 0.3) is 6.08 Å². The molecule has 0 radical (unpaired) electrons. The first kappa shape index (κ1) is 57.2. The fourth-order valence-corrected chi connectivity index (χ4v) is 6.94. The molecule has 24 heteroatoms. The second-order valence-electron chi connectivity index (χ2n) is 13.3. The molecule has 1 aliphatic heterocycles. The predicted octanol–water partition coefficient (Wildman–Crippen LogP) is 1.55. The van der Waals surface area contributed by atoms with E-state index in [0.717, 1.165) is 13.1 Å². The fraction of sp³-hybridized carbons (Fsp3) is 0.775. The second-order valence-corrected chi connectivity index (χ2v) is 15.9. The number of hydrogen-bond donors (Lipinski definition) is 4. The van der Waals surface area contributed by atoms with Crippen LogP contribution in [0.2, 0.25) is 0 Å². The lowest BCUT2D eigenvalue weighted by molar-refractivity contribution is -0.180. The number of nitrogens with one attached hydrogen (secondary N) is 3. The molecule has 2 amide bonds. The molecule has 0 fully saturated rings. The lowest BCUT2D eigenvalue weighted by atomic mass is 10.1. The van der Waals surface area contributed by atoms with Crippen molar-refractivity contribution in [2.45, 2.75) is 40.2 Å². The third-order valence-corrected chi connectivity index (χ3v) is 10.1. The highest BCUT2D eigenvalue weighted by atomic mass is 32.2. The van der Waals surface area contributed by atoms with E-state index < -0.39 is 16.3 Å². The number of amides is 2. The summed E-state index contributed by atoms with van der Waals surface area (Å²) in [6, 6.07) is 1.66. The number of carbonyl (C=O) groups is 2. The van der Waals surface area contributed by atoms with Crippen molar-refractivity contribution in [3.63, 3.8) is 0 Å². The standard InChI is InChI=1S/C40H72N6O16S2/c1-4-8-46(62-6-3)39(47)34-30-37-36(44-38(41)31-34)32-35(63-37)33-43-64(49,50)45-40(48)61-29-28-60-27-26-59-25-24-58-23-22-57-21-20-56-19-18-55-17-16-54-15-14-53-13-12-52-11-10-51-9-7-42-5-2/h30,32,42-43H,4-29,31,33H2,1-3H3,(H2,41,44)(H,45,48). The third-order valence-electron chi connectivity index (χ3n) is 8.08. The van der Waals surface area contributed by atoms with Crippen LogP contribution in [0.4, 0.5) is 10.5 Å². The molecule has 0 aromatic carbocycles. The summed E-state index contributed by atoms with van der Waals surface area (Å²) in [5.74, 6) is -0.0744. The Morgan fingerprint density at radius 1 is 0.703 bits per heavy atom.